The van der Waals surface area contributed by atoms with Gasteiger partial charge < -0.3 is 18.8 Å². The Labute approximate surface area is 166 Å². The summed E-state index contributed by atoms with van der Waals surface area (Å²) in [6, 6.07) is 11.5. The smallest absolute Gasteiger partial charge is 0.290 e. The molecule has 1 aliphatic heterocycles. The maximum absolute atomic E-state index is 13.3. The number of halogens is 1. The van der Waals surface area contributed by atoms with E-state index in [-0.39, 0.29) is 17.1 Å². The predicted molar refractivity (Wildman–Crippen MR) is 105 cm³/mol. The highest BCUT2D eigenvalue weighted by Gasteiger charge is 2.42. The van der Waals surface area contributed by atoms with E-state index in [4.69, 9.17) is 25.5 Å². The van der Waals surface area contributed by atoms with Gasteiger partial charge in [0.05, 0.1) is 30.7 Å². The van der Waals surface area contributed by atoms with Crippen LogP contribution in [0.15, 0.2) is 51.7 Å². The zero-order valence-electron chi connectivity index (χ0n) is 15.4. The highest BCUT2D eigenvalue weighted by molar-refractivity contribution is 6.30. The van der Waals surface area contributed by atoms with Gasteiger partial charge in [-0.3, -0.25) is 9.59 Å². The van der Waals surface area contributed by atoms with Gasteiger partial charge in [-0.25, -0.2) is 0 Å². The van der Waals surface area contributed by atoms with E-state index in [1.165, 1.54) is 7.11 Å². The first-order valence-corrected chi connectivity index (χ1v) is 9.13. The van der Waals surface area contributed by atoms with Gasteiger partial charge in [-0.15, -0.1) is 0 Å². The van der Waals surface area contributed by atoms with Crippen molar-refractivity contribution in [1.82, 2.24) is 4.90 Å². The second-order valence-electron chi connectivity index (χ2n) is 6.48. The fraction of sp³-hybridized carbons (Fsp3) is 0.238. The SMILES string of the molecule is COCCN1C(=O)c2oc3cc(OC)ccc3c(=O)c2[C@@H]1c1ccc(Cl)cc1. The number of fused-ring (bicyclic) bond motifs is 2. The Hall–Kier alpha value is -2.83. The number of nitrogens with zero attached hydrogens (tertiary/aromatic N) is 1. The van der Waals surface area contributed by atoms with Crippen molar-refractivity contribution in [3.63, 3.8) is 0 Å². The molecule has 0 saturated carbocycles. The second-order valence-corrected chi connectivity index (χ2v) is 6.92. The van der Waals surface area contributed by atoms with Crippen LogP contribution in [0.1, 0.15) is 27.7 Å². The molecule has 0 N–H and O–H groups in total. The molecule has 0 spiro atoms. The summed E-state index contributed by atoms with van der Waals surface area (Å²) in [4.78, 5) is 28.0. The van der Waals surface area contributed by atoms with Gasteiger partial charge in [0, 0.05) is 24.7 Å². The number of amides is 1. The molecular weight excluding hydrogens is 382 g/mol. The lowest BCUT2D eigenvalue weighted by molar-refractivity contribution is 0.0663. The Kier molecular flexibility index (Phi) is 4.83. The van der Waals surface area contributed by atoms with Crippen molar-refractivity contribution in [2.24, 2.45) is 0 Å². The number of ether oxygens (including phenoxy) is 2. The van der Waals surface area contributed by atoms with Crippen LogP contribution in [0.2, 0.25) is 5.02 Å². The molecule has 3 aromatic rings. The second kappa shape index (κ2) is 7.30. The minimum Gasteiger partial charge on any atom is -0.497 e. The Morgan fingerprint density at radius 3 is 2.54 bits per heavy atom. The normalized spacial score (nSPS) is 15.9. The standard InChI is InChI=1S/C21H18ClNO5/c1-26-10-9-23-18(12-3-5-13(22)6-4-12)17-19(24)15-8-7-14(27-2)11-16(15)28-20(17)21(23)25/h3-8,11,18H,9-10H2,1-2H3/t18-/m0/s1. The number of hydrogen-bond donors (Lipinski definition) is 0. The molecule has 0 bridgehead atoms. The van der Waals surface area contributed by atoms with Gasteiger partial charge in [0.15, 0.2) is 5.43 Å². The summed E-state index contributed by atoms with van der Waals surface area (Å²) in [7, 11) is 3.09. The van der Waals surface area contributed by atoms with E-state index in [2.05, 4.69) is 0 Å². The molecule has 144 valence electrons. The number of benzene rings is 2. The first-order chi connectivity index (χ1) is 13.5. The fourth-order valence-corrected chi connectivity index (χ4v) is 3.66. The molecule has 1 aliphatic rings. The first-order valence-electron chi connectivity index (χ1n) is 8.75. The molecule has 1 aromatic heterocycles. The van der Waals surface area contributed by atoms with Crippen LogP contribution in [-0.2, 0) is 4.74 Å². The average molecular weight is 400 g/mol. The van der Waals surface area contributed by atoms with Crippen molar-refractivity contribution >= 4 is 28.5 Å². The van der Waals surface area contributed by atoms with E-state index in [1.807, 2.05) is 12.1 Å². The zero-order chi connectivity index (χ0) is 19.8. The number of rotatable bonds is 5. The highest BCUT2D eigenvalue weighted by Crippen LogP contribution is 2.38. The van der Waals surface area contributed by atoms with E-state index in [1.54, 1.807) is 42.3 Å². The molecule has 0 unspecified atom stereocenters. The summed E-state index contributed by atoms with van der Waals surface area (Å²) in [5, 5.41) is 0.981. The van der Waals surface area contributed by atoms with Crippen LogP contribution in [0.3, 0.4) is 0 Å². The van der Waals surface area contributed by atoms with Gasteiger partial charge in [-0.1, -0.05) is 23.7 Å². The zero-order valence-corrected chi connectivity index (χ0v) is 16.2. The van der Waals surface area contributed by atoms with Crippen LogP contribution in [0.4, 0.5) is 0 Å². The van der Waals surface area contributed by atoms with E-state index < -0.39 is 6.04 Å². The minimum absolute atomic E-state index is 0.0572. The number of hydrogen-bond acceptors (Lipinski definition) is 5. The lowest BCUT2D eigenvalue weighted by Gasteiger charge is -2.24. The van der Waals surface area contributed by atoms with E-state index in [0.717, 1.165) is 5.56 Å². The van der Waals surface area contributed by atoms with E-state index >= 15 is 0 Å². The minimum atomic E-state index is -0.558. The molecule has 6 nitrogen and oxygen atoms in total. The monoisotopic (exact) mass is 399 g/mol. The Balaban J connectivity index is 1.95. The summed E-state index contributed by atoms with van der Waals surface area (Å²) >= 11 is 6.01. The van der Waals surface area contributed by atoms with Crippen molar-refractivity contribution in [1.29, 1.82) is 0 Å². The first kappa shape index (κ1) is 18.5. The van der Waals surface area contributed by atoms with Crippen molar-refractivity contribution < 1.29 is 18.7 Å². The average Bonchev–Trinajstić information content (AvgIpc) is 2.99. The van der Waals surface area contributed by atoms with Crippen LogP contribution in [0.5, 0.6) is 5.75 Å². The Morgan fingerprint density at radius 1 is 1.11 bits per heavy atom. The maximum Gasteiger partial charge on any atom is 0.290 e. The molecule has 4 rings (SSSR count). The van der Waals surface area contributed by atoms with E-state index in [9.17, 15) is 9.59 Å². The van der Waals surface area contributed by atoms with E-state index in [0.29, 0.717) is 40.5 Å². The van der Waals surface area contributed by atoms with Crippen molar-refractivity contribution in [3.05, 3.63) is 74.6 Å². The van der Waals surface area contributed by atoms with Crippen molar-refractivity contribution in [2.45, 2.75) is 6.04 Å². The molecule has 1 amide bonds. The summed E-state index contributed by atoms with van der Waals surface area (Å²) in [5.74, 6) is 0.266. The third kappa shape index (κ3) is 2.95. The summed E-state index contributed by atoms with van der Waals surface area (Å²) in [6.07, 6.45) is 0. The Bertz CT molecular complexity index is 1110. The largest absolute Gasteiger partial charge is 0.497 e. The number of carbonyl (C=O) groups is 1. The van der Waals surface area contributed by atoms with Crippen LogP contribution in [0, 0.1) is 0 Å². The Morgan fingerprint density at radius 2 is 1.86 bits per heavy atom. The molecule has 0 aliphatic carbocycles. The van der Waals surface area contributed by atoms with Crippen LogP contribution < -0.4 is 10.2 Å². The van der Waals surface area contributed by atoms with Gasteiger partial charge >= 0.3 is 0 Å². The molecular formula is C21H18ClNO5. The van der Waals surface area contributed by atoms with Gasteiger partial charge in [-0.2, -0.15) is 0 Å². The third-order valence-electron chi connectivity index (χ3n) is 4.90. The quantitative estimate of drug-likeness (QED) is 0.655. The summed E-state index contributed by atoms with van der Waals surface area (Å²) in [6.45, 7) is 0.664. The lowest BCUT2D eigenvalue weighted by atomic mass is 9.98. The molecule has 0 fully saturated rings. The molecule has 0 radical (unpaired) electrons. The maximum atomic E-state index is 13.3. The van der Waals surface area contributed by atoms with Crippen molar-refractivity contribution in [2.75, 3.05) is 27.4 Å². The number of carbonyl (C=O) groups excluding carboxylic acids is 1. The lowest BCUT2D eigenvalue weighted by Crippen LogP contribution is -2.32. The predicted octanol–water partition coefficient (Wildman–Crippen LogP) is 3.65. The van der Waals surface area contributed by atoms with Crippen LogP contribution in [0.25, 0.3) is 11.0 Å². The summed E-state index contributed by atoms with van der Waals surface area (Å²) < 4.78 is 16.2. The molecule has 7 heteroatoms. The molecule has 2 aromatic carbocycles. The van der Waals surface area contributed by atoms with Crippen molar-refractivity contribution in [3.8, 4) is 5.75 Å². The summed E-state index contributed by atoms with van der Waals surface area (Å²) in [5.41, 5.74) is 1.21. The van der Waals surface area contributed by atoms with Crippen LogP contribution >= 0.6 is 11.6 Å². The molecule has 2 heterocycles. The van der Waals surface area contributed by atoms with Gasteiger partial charge in [0.25, 0.3) is 5.91 Å². The highest BCUT2D eigenvalue weighted by atomic mass is 35.5. The van der Waals surface area contributed by atoms with Gasteiger partial charge in [-0.05, 0) is 29.8 Å². The van der Waals surface area contributed by atoms with Gasteiger partial charge in [0.2, 0.25) is 5.76 Å². The van der Waals surface area contributed by atoms with Gasteiger partial charge in [0.1, 0.15) is 11.3 Å². The topological polar surface area (TPSA) is 69.0 Å². The molecule has 1 atom stereocenters. The van der Waals surface area contributed by atoms with Crippen LogP contribution in [-0.4, -0.2) is 38.2 Å². The fourth-order valence-electron chi connectivity index (χ4n) is 3.54. The number of methoxy groups -OCH3 is 2. The third-order valence-corrected chi connectivity index (χ3v) is 5.15. The molecule has 28 heavy (non-hydrogen) atoms. The molecule has 0 saturated heterocycles.